The SMILES string of the molecule is C.CCCCOC(=O)C1C2C=C[C@@H](O2)C1C(=O)OCCCC. The predicted octanol–water partition coefficient (Wildman–Crippen LogP) is 2.88. The first-order chi connectivity index (χ1) is 10.2. The zero-order valence-corrected chi connectivity index (χ0v) is 12.7. The lowest BCUT2D eigenvalue weighted by Crippen LogP contribution is -2.38. The lowest BCUT2D eigenvalue weighted by molar-refractivity contribution is -0.160. The van der Waals surface area contributed by atoms with Crippen LogP contribution in [0.3, 0.4) is 0 Å². The maximum Gasteiger partial charge on any atom is 0.312 e. The highest BCUT2D eigenvalue weighted by Gasteiger charge is 2.54. The molecule has 0 amide bonds. The van der Waals surface area contributed by atoms with Gasteiger partial charge < -0.3 is 14.2 Å². The molecule has 0 N–H and O–H groups in total. The van der Waals surface area contributed by atoms with E-state index in [0.29, 0.717) is 13.2 Å². The summed E-state index contributed by atoms with van der Waals surface area (Å²) in [6.07, 6.45) is 6.55. The van der Waals surface area contributed by atoms with Gasteiger partial charge in [0.2, 0.25) is 0 Å². The molecule has 0 spiro atoms. The predicted molar refractivity (Wildman–Crippen MR) is 83.2 cm³/mol. The highest BCUT2D eigenvalue weighted by Crippen LogP contribution is 2.40. The lowest BCUT2D eigenvalue weighted by Gasteiger charge is -2.22. The highest BCUT2D eigenvalue weighted by atomic mass is 16.6. The molecule has 2 heterocycles. The number of carbonyl (C=O) groups excluding carboxylic acids is 2. The van der Waals surface area contributed by atoms with Crippen LogP contribution in [0.1, 0.15) is 47.0 Å². The average Bonchev–Trinajstić information content (AvgIpc) is 3.08. The summed E-state index contributed by atoms with van der Waals surface area (Å²) in [5, 5.41) is 0. The van der Waals surface area contributed by atoms with Crippen molar-refractivity contribution in [1.82, 2.24) is 0 Å². The van der Waals surface area contributed by atoms with Crippen molar-refractivity contribution in [3.05, 3.63) is 12.2 Å². The third-order valence-electron chi connectivity index (χ3n) is 3.93. The molecule has 0 radical (unpaired) electrons. The number of ether oxygens (including phenoxy) is 3. The molecule has 5 nitrogen and oxygen atoms in total. The first-order valence-corrected chi connectivity index (χ1v) is 7.86. The minimum atomic E-state index is -0.564. The van der Waals surface area contributed by atoms with E-state index >= 15 is 0 Å². The molecule has 1 fully saturated rings. The normalized spacial score (nSPS) is 28.3. The Morgan fingerprint density at radius 2 is 1.32 bits per heavy atom. The van der Waals surface area contributed by atoms with E-state index in [0.717, 1.165) is 25.7 Å². The fourth-order valence-electron chi connectivity index (χ4n) is 2.70. The number of rotatable bonds is 8. The summed E-state index contributed by atoms with van der Waals surface area (Å²) in [5.41, 5.74) is 0. The van der Waals surface area contributed by atoms with Crippen molar-refractivity contribution in [3.8, 4) is 0 Å². The summed E-state index contributed by atoms with van der Waals surface area (Å²) in [4.78, 5) is 24.4. The summed E-state index contributed by atoms with van der Waals surface area (Å²) in [6.45, 7) is 4.85. The zero-order valence-electron chi connectivity index (χ0n) is 12.7. The number of unbranched alkanes of at least 4 members (excludes halogenated alkanes) is 2. The third-order valence-corrected chi connectivity index (χ3v) is 3.93. The largest absolute Gasteiger partial charge is 0.465 e. The molecule has 2 bridgehead atoms. The van der Waals surface area contributed by atoms with Crippen LogP contribution in [0, 0.1) is 11.8 Å². The summed E-state index contributed by atoms with van der Waals surface area (Å²) >= 11 is 0. The molecule has 22 heavy (non-hydrogen) atoms. The number of esters is 2. The van der Waals surface area contributed by atoms with Crippen molar-refractivity contribution in [2.75, 3.05) is 13.2 Å². The van der Waals surface area contributed by atoms with Gasteiger partial charge in [0, 0.05) is 0 Å². The second-order valence-corrected chi connectivity index (χ2v) is 5.54. The summed E-state index contributed by atoms with van der Waals surface area (Å²) in [5.74, 6) is -1.83. The Labute approximate surface area is 133 Å². The van der Waals surface area contributed by atoms with Gasteiger partial charge >= 0.3 is 11.9 Å². The zero-order chi connectivity index (χ0) is 15.2. The van der Waals surface area contributed by atoms with E-state index in [1.807, 2.05) is 26.0 Å². The molecule has 0 aromatic carbocycles. The number of hydrogen-bond acceptors (Lipinski definition) is 5. The van der Waals surface area contributed by atoms with Gasteiger partial charge in [0.05, 0.1) is 25.4 Å². The second-order valence-electron chi connectivity index (χ2n) is 5.54. The first-order valence-electron chi connectivity index (χ1n) is 7.86. The van der Waals surface area contributed by atoms with E-state index in [9.17, 15) is 9.59 Å². The highest BCUT2D eigenvalue weighted by molar-refractivity contribution is 5.85. The molecule has 2 aliphatic heterocycles. The molecule has 1 saturated heterocycles. The maximum absolute atomic E-state index is 12.2. The molecular weight excluding hydrogens is 284 g/mol. The maximum atomic E-state index is 12.2. The minimum absolute atomic E-state index is 0. The molecule has 2 aliphatic rings. The van der Waals surface area contributed by atoms with Gasteiger partial charge in [0.15, 0.2) is 0 Å². The standard InChI is InChI=1S/C16H24O5.CH4/c1-3-5-9-19-15(17)13-11-7-8-12(21-11)14(13)16(18)20-10-6-4-2;/h7-8,11-14H,3-6,9-10H2,1-2H3;1H4/t11-,12?,13?,14?;/m1./s1. The molecule has 0 aromatic rings. The van der Waals surface area contributed by atoms with Crippen molar-refractivity contribution >= 4 is 11.9 Å². The molecule has 0 saturated carbocycles. The van der Waals surface area contributed by atoms with Crippen molar-refractivity contribution in [3.63, 3.8) is 0 Å². The van der Waals surface area contributed by atoms with E-state index in [-0.39, 0.29) is 31.6 Å². The van der Waals surface area contributed by atoms with E-state index in [4.69, 9.17) is 14.2 Å². The Balaban J connectivity index is 0.00000242. The quantitative estimate of drug-likeness (QED) is 0.392. The van der Waals surface area contributed by atoms with Crippen LogP contribution in [-0.4, -0.2) is 37.4 Å². The van der Waals surface area contributed by atoms with Crippen molar-refractivity contribution in [2.45, 2.75) is 59.2 Å². The second kappa shape index (κ2) is 8.93. The van der Waals surface area contributed by atoms with Gasteiger partial charge in [-0.25, -0.2) is 0 Å². The van der Waals surface area contributed by atoms with Crippen molar-refractivity contribution in [1.29, 1.82) is 0 Å². The van der Waals surface area contributed by atoms with Crippen LogP contribution in [0.2, 0.25) is 0 Å². The third kappa shape index (κ3) is 4.09. The van der Waals surface area contributed by atoms with E-state index in [2.05, 4.69) is 0 Å². The summed E-state index contributed by atoms with van der Waals surface area (Å²) in [6, 6.07) is 0. The average molecular weight is 312 g/mol. The van der Waals surface area contributed by atoms with E-state index in [1.54, 1.807) is 0 Å². The van der Waals surface area contributed by atoms with Crippen LogP contribution in [-0.2, 0) is 23.8 Å². The monoisotopic (exact) mass is 312 g/mol. The van der Waals surface area contributed by atoms with Gasteiger partial charge in [-0.05, 0) is 12.8 Å². The Kier molecular flexibility index (Phi) is 7.59. The molecule has 5 heteroatoms. The summed E-state index contributed by atoms with van der Waals surface area (Å²) in [7, 11) is 0. The number of hydrogen-bond donors (Lipinski definition) is 0. The van der Waals surface area contributed by atoms with Crippen molar-refractivity contribution in [2.24, 2.45) is 11.8 Å². The van der Waals surface area contributed by atoms with Gasteiger partial charge in [-0.3, -0.25) is 9.59 Å². The molecule has 2 rings (SSSR count). The van der Waals surface area contributed by atoms with E-state index in [1.165, 1.54) is 0 Å². The van der Waals surface area contributed by atoms with Gasteiger partial charge in [0.1, 0.15) is 11.8 Å². The Morgan fingerprint density at radius 1 is 0.909 bits per heavy atom. The smallest absolute Gasteiger partial charge is 0.312 e. The lowest BCUT2D eigenvalue weighted by atomic mass is 9.83. The summed E-state index contributed by atoms with van der Waals surface area (Å²) < 4.78 is 16.2. The first kappa shape index (κ1) is 18.7. The molecular formula is C17H28O5. The van der Waals surface area contributed by atoms with Gasteiger partial charge in [-0.2, -0.15) is 0 Å². The molecule has 3 unspecified atom stereocenters. The fraction of sp³-hybridized carbons (Fsp3) is 0.765. The van der Waals surface area contributed by atoms with Crippen molar-refractivity contribution < 1.29 is 23.8 Å². The molecule has 4 atom stereocenters. The topological polar surface area (TPSA) is 61.8 Å². The van der Waals surface area contributed by atoms with Gasteiger partial charge in [-0.15, -0.1) is 0 Å². The van der Waals surface area contributed by atoms with Crippen LogP contribution >= 0.6 is 0 Å². The van der Waals surface area contributed by atoms with Gasteiger partial charge in [0.25, 0.3) is 0 Å². The Morgan fingerprint density at radius 3 is 1.68 bits per heavy atom. The number of fused-ring (bicyclic) bond motifs is 2. The number of carbonyl (C=O) groups is 2. The van der Waals surface area contributed by atoms with Gasteiger partial charge in [-0.1, -0.05) is 46.3 Å². The fourth-order valence-corrected chi connectivity index (χ4v) is 2.70. The Bertz CT molecular complexity index is 368. The Hall–Kier alpha value is -1.36. The van der Waals surface area contributed by atoms with Crippen LogP contribution in [0.5, 0.6) is 0 Å². The van der Waals surface area contributed by atoms with Crippen LogP contribution in [0.25, 0.3) is 0 Å². The molecule has 126 valence electrons. The van der Waals surface area contributed by atoms with Crippen LogP contribution < -0.4 is 0 Å². The molecule has 0 aromatic heterocycles. The van der Waals surface area contributed by atoms with E-state index < -0.39 is 11.8 Å². The van der Waals surface area contributed by atoms with Crippen LogP contribution in [0.15, 0.2) is 12.2 Å². The molecule has 0 aliphatic carbocycles. The van der Waals surface area contributed by atoms with Crippen LogP contribution in [0.4, 0.5) is 0 Å². The minimum Gasteiger partial charge on any atom is -0.465 e.